The van der Waals surface area contributed by atoms with Gasteiger partial charge in [-0.1, -0.05) is 62.2 Å². The van der Waals surface area contributed by atoms with Crippen molar-refractivity contribution >= 4 is 11.7 Å². The van der Waals surface area contributed by atoms with Crippen LogP contribution in [-0.2, 0) is 35.4 Å². The maximum absolute atomic E-state index is 13.8. The van der Waals surface area contributed by atoms with Crippen molar-refractivity contribution in [3.05, 3.63) is 86.8 Å². The maximum Gasteiger partial charge on any atom is 0.416 e. The molecule has 0 unspecified atom stereocenters. The quantitative estimate of drug-likeness (QED) is 0.130. The van der Waals surface area contributed by atoms with Crippen molar-refractivity contribution < 1.29 is 27.9 Å². The molecule has 0 atom stereocenters. The zero-order valence-electron chi connectivity index (χ0n) is 22.3. The Kier molecular flexibility index (Phi) is 10.3. The number of hydrogen-bond donors (Lipinski definition) is 1. The lowest BCUT2D eigenvalue weighted by Gasteiger charge is -2.25. The van der Waals surface area contributed by atoms with Crippen molar-refractivity contribution in [2.45, 2.75) is 77.6 Å². The first-order valence-corrected chi connectivity index (χ1v) is 13.0. The molecule has 2 aromatic carbocycles. The van der Waals surface area contributed by atoms with Crippen LogP contribution in [0.1, 0.15) is 85.3 Å². The highest BCUT2D eigenvalue weighted by Crippen LogP contribution is 2.41. The Morgan fingerprint density at radius 2 is 1.85 bits per heavy atom. The van der Waals surface area contributed by atoms with Crippen molar-refractivity contribution in [3.63, 3.8) is 0 Å². The number of alkyl halides is 3. The molecule has 0 saturated heterocycles. The molecule has 2 aromatic rings. The van der Waals surface area contributed by atoms with Gasteiger partial charge in [0.25, 0.3) is 0 Å². The fourth-order valence-electron chi connectivity index (χ4n) is 4.90. The van der Waals surface area contributed by atoms with E-state index in [0.717, 1.165) is 53.8 Å². The molecule has 3 rings (SSSR count). The standard InChI is InChI=1S/C29H34F3N3O4/c1-4-22-15-24(11-12-25(22)17-35(34-38)16-19(2)28(36)37)20(3)33-39-18-21-10-13-26(23-8-6-5-7-9-23)27(14-21)29(30,31)32/h10-15,23H,2,4-9,16-18H2,1,3H3,(H,36,37)/b33-20+. The number of aryl methyl sites for hydroxylation is 1. The molecule has 0 aromatic heterocycles. The van der Waals surface area contributed by atoms with Crippen LogP contribution in [0.2, 0.25) is 0 Å². The minimum Gasteiger partial charge on any atom is -0.478 e. The minimum absolute atomic E-state index is 0.0632. The van der Waals surface area contributed by atoms with Gasteiger partial charge in [0, 0.05) is 0 Å². The summed E-state index contributed by atoms with van der Waals surface area (Å²) in [5, 5.41) is 17.1. The predicted octanol–water partition coefficient (Wildman–Crippen LogP) is 7.38. The van der Waals surface area contributed by atoms with Gasteiger partial charge in [0.2, 0.25) is 0 Å². The summed E-state index contributed by atoms with van der Waals surface area (Å²) in [6.07, 6.45) is 0.738. The van der Waals surface area contributed by atoms with Crippen LogP contribution in [-0.4, -0.2) is 28.3 Å². The number of hydrogen-bond acceptors (Lipinski definition) is 5. The van der Waals surface area contributed by atoms with Gasteiger partial charge in [-0.2, -0.15) is 13.2 Å². The highest BCUT2D eigenvalue weighted by Gasteiger charge is 2.35. The van der Waals surface area contributed by atoms with Crippen molar-refractivity contribution in [2.75, 3.05) is 6.54 Å². The number of carboxylic acid groups (broad SMARTS) is 1. The Labute approximate surface area is 226 Å². The largest absolute Gasteiger partial charge is 0.478 e. The third-order valence-electron chi connectivity index (χ3n) is 7.05. The molecular formula is C29H34F3N3O4. The van der Waals surface area contributed by atoms with E-state index in [4.69, 9.17) is 9.94 Å². The van der Waals surface area contributed by atoms with E-state index in [1.807, 2.05) is 13.0 Å². The van der Waals surface area contributed by atoms with E-state index in [2.05, 4.69) is 17.0 Å². The van der Waals surface area contributed by atoms with Crippen molar-refractivity contribution in [2.24, 2.45) is 10.4 Å². The van der Waals surface area contributed by atoms with Crippen LogP contribution < -0.4 is 0 Å². The Morgan fingerprint density at radius 1 is 1.13 bits per heavy atom. The molecule has 0 bridgehead atoms. The average Bonchev–Trinajstić information content (AvgIpc) is 2.92. The van der Waals surface area contributed by atoms with E-state index in [0.29, 0.717) is 23.3 Å². The van der Waals surface area contributed by atoms with E-state index in [1.165, 1.54) is 6.07 Å². The Morgan fingerprint density at radius 3 is 2.46 bits per heavy atom. The first-order chi connectivity index (χ1) is 18.5. The molecule has 0 heterocycles. The molecule has 0 aliphatic heterocycles. The van der Waals surface area contributed by atoms with Crippen LogP contribution in [0.25, 0.3) is 0 Å². The molecule has 0 spiro atoms. The number of carbonyl (C=O) groups is 1. The minimum atomic E-state index is -4.43. The second-order valence-electron chi connectivity index (χ2n) is 9.85. The molecule has 39 heavy (non-hydrogen) atoms. The number of rotatable bonds is 12. The van der Waals surface area contributed by atoms with Gasteiger partial charge in [0.05, 0.1) is 35.2 Å². The summed E-state index contributed by atoms with van der Waals surface area (Å²) in [7, 11) is 0. The number of benzene rings is 2. The van der Waals surface area contributed by atoms with Gasteiger partial charge in [-0.15, -0.1) is 4.91 Å². The van der Waals surface area contributed by atoms with E-state index < -0.39 is 17.7 Å². The van der Waals surface area contributed by atoms with Crippen LogP contribution in [0.15, 0.2) is 59.0 Å². The van der Waals surface area contributed by atoms with E-state index in [1.54, 1.807) is 31.2 Å². The average molecular weight is 546 g/mol. The molecule has 7 nitrogen and oxygen atoms in total. The monoisotopic (exact) mass is 545 g/mol. The Bertz CT molecular complexity index is 1220. The summed E-state index contributed by atoms with van der Waals surface area (Å²) < 4.78 is 41.5. The summed E-state index contributed by atoms with van der Waals surface area (Å²) >= 11 is 0. The molecule has 210 valence electrons. The van der Waals surface area contributed by atoms with E-state index in [9.17, 15) is 22.9 Å². The number of aliphatic carboxylic acids is 1. The Hall–Kier alpha value is -3.69. The zero-order valence-corrected chi connectivity index (χ0v) is 22.3. The second kappa shape index (κ2) is 13.4. The number of oxime groups is 1. The molecule has 1 aliphatic carbocycles. The van der Waals surface area contributed by atoms with Gasteiger partial charge < -0.3 is 9.94 Å². The third-order valence-corrected chi connectivity index (χ3v) is 7.05. The molecule has 1 N–H and O–H groups in total. The van der Waals surface area contributed by atoms with Gasteiger partial charge >= 0.3 is 12.1 Å². The molecule has 0 radical (unpaired) electrons. The van der Waals surface area contributed by atoms with Crippen LogP contribution in [0.3, 0.4) is 0 Å². The summed E-state index contributed by atoms with van der Waals surface area (Å²) in [6, 6.07) is 9.90. The summed E-state index contributed by atoms with van der Waals surface area (Å²) in [6.45, 7) is 6.92. The molecule has 0 amide bonds. The van der Waals surface area contributed by atoms with Crippen LogP contribution in [0.4, 0.5) is 13.2 Å². The highest BCUT2D eigenvalue weighted by atomic mass is 19.4. The third kappa shape index (κ3) is 8.15. The van der Waals surface area contributed by atoms with Gasteiger partial charge in [0.1, 0.15) is 6.61 Å². The number of halogens is 3. The zero-order chi connectivity index (χ0) is 28.6. The second-order valence-corrected chi connectivity index (χ2v) is 9.85. The fourth-order valence-corrected chi connectivity index (χ4v) is 4.90. The number of nitrogens with zero attached hydrogens (tertiary/aromatic N) is 3. The van der Waals surface area contributed by atoms with Gasteiger partial charge in [-0.25, -0.2) is 4.79 Å². The first-order valence-electron chi connectivity index (χ1n) is 13.0. The normalized spacial score (nSPS) is 14.6. The summed E-state index contributed by atoms with van der Waals surface area (Å²) in [5.41, 5.74) is 3.02. The molecule has 1 saturated carbocycles. The van der Waals surface area contributed by atoms with Crippen LogP contribution >= 0.6 is 0 Å². The molecule has 1 aliphatic rings. The van der Waals surface area contributed by atoms with E-state index in [-0.39, 0.29) is 31.2 Å². The van der Waals surface area contributed by atoms with Crippen molar-refractivity contribution in [1.29, 1.82) is 0 Å². The molecule has 10 heteroatoms. The van der Waals surface area contributed by atoms with Crippen molar-refractivity contribution in [1.82, 2.24) is 5.01 Å². The predicted molar refractivity (Wildman–Crippen MR) is 143 cm³/mol. The van der Waals surface area contributed by atoms with Crippen molar-refractivity contribution in [3.8, 4) is 0 Å². The lowest BCUT2D eigenvalue weighted by Crippen LogP contribution is -2.22. The first kappa shape index (κ1) is 29.9. The SMILES string of the molecule is C=C(CN(Cc1ccc(/C(C)=N/OCc2ccc(C3CCCCC3)c(C(F)(F)F)c2)cc1CC)N=O)C(=O)O. The summed E-state index contributed by atoms with van der Waals surface area (Å²) in [5.74, 6) is -1.26. The number of carboxylic acids is 1. The molecular weight excluding hydrogens is 511 g/mol. The number of nitroso groups, excluding NO2 is 1. The smallest absolute Gasteiger partial charge is 0.416 e. The molecule has 1 fully saturated rings. The fraction of sp³-hybridized carbons (Fsp3) is 0.448. The van der Waals surface area contributed by atoms with Crippen LogP contribution in [0.5, 0.6) is 0 Å². The van der Waals surface area contributed by atoms with Gasteiger partial charge in [0.15, 0.2) is 0 Å². The lowest BCUT2D eigenvalue weighted by molar-refractivity contribution is -0.138. The lowest BCUT2D eigenvalue weighted by atomic mass is 9.81. The topological polar surface area (TPSA) is 91.6 Å². The summed E-state index contributed by atoms with van der Waals surface area (Å²) in [4.78, 5) is 27.6. The van der Waals surface area contributed by atoms with Crippen LogP contribution in [0, 0.1) is 4.91 Å². The van der Waals surface area contributed by atoms with E-state index >= 15 is 0 Å². The Balaban J connectivity index is 1.70. The van der Waals surface area contributed by atoms with Gasteiger partial charge in [-0.3, -0.25) is 5.01 Å². The maximum atomic E-state index is 13.8. The van der Waals surface area contributed by atoms with Gasteiger partial charge in [-0.05, 0) is 72.1 Å². The highest BCUT2D eigenvalue weighted by molar-refractivity contribution is 5.98.